The Morgan fingerprint density at radius 3 is 1.88 bits per heavy atom. The lowest BCUT2D eigenvalue weighted by molar-refractivity contribution is -0.384. The summed E-state index contributed by atoms with van der Waals surface area (Å²) in [6.07, 6.45) is 2.45. The number of hydrogen-bond acceptors (Lipinski definition) is 8. The number of aromatic nitrogens is 2. The normalized spacial score (nSPS) is 10.9. The summed E-state index contributed by atoms with van der Waals surface area (Å²) in [4.78, 5) is 29.3. The predicted octanol–water partition coefficient (Wildman–Crippen LogP) is 8.10. The molecule has 5 rings (SSSR count). The van der Waals surface area contributed by atoms with Gasteiger partial charge < -0.3 is 5.32 Å². The van der Waals surface area contributed by atoms with Crippen molar-refractivity contribution in [3.8, 4) is 6.07 Å². The molecule has 1 N–H and O–H groups in total. The van der Waals surface area contributed by atoms with E-state index in [9.17, 15) is 25.5 Å². The Morgan fingerprint density at radius 2 is 1.34 bits per heavy atom. The molecule has 206 valence electrons. The van der Waals surface area contributed by atoms with E-state index < -0.39 is 15.3 Å². The molecule has 0 saturated heterocycles. The van der Waals surface area contributed by atoms with Crippen LogP contribution in [0.25, 0.3) is 21.8 Å². The van der Waals surface area contributed by atoms with Crippen LogP contribution in [-0.4, -0.2) is 19.8 Å². The standard InChI is InChI=1S/C20H18N4O2.C10H7ClN2O2/c1-13-4-9-17-16(10-13)19(18(11-22-17)24(25)26)23-15-7-5-14(6-8-15)20(2,3)12-21;1-6-2-3-8-7(4-6)10(11)9(5-12-8)13(14)15/h4-11H,1-3H3,(H,22,23);2-5H,1H3. The van der Waals surface area contributed by atoms with Gasteiger partial charge in [0.25, 0.3) is 0 Å². The fourth-order valence-electron chi connectivity index (χ4n) is 4.14. The van der Waals surface area contributed by atoms with E-state index in [1.54, 1.807) is 12.1 Å². The Hall–Kier alpha value is -5.14. The lowest BCUT2D eigenvalue weighted by Gasteiger charge is -2.16. The Balaban J connectivity index is 0.000000218. The van der Waals surface area contributed by atoms with Gasteiger partial charge >= 0.3 is 11.4 Å². The molecule has 0 fully saturated rings. The molecular formula is C30H25ClN6O4. The van der Waals surface area contributed by atoms with Crippen LogP contribution in [0.4, 0.5) is 22.7 Å². The van der Waals surface area contributed by atoms with Crippen LogP contribution in [-0.2, 0) is 5.41 Å². The minimum atomic E-state index is -0.592. The van der Waals surface area contributed by atoms with E-state index in [0.29, 0.717) is 33.2 Å². The van der Waals surface area contributed by atoms with Gasteiger partial charge in [-0.25, -0.2) is 9.97 Å². The molecule has 2 aromatic heterocycles. The molecule has 11 heteroatoms. The molecule has 0 aliphatic carbocycles. The zero-order valence-electron chi connectivity index (χ0n) is 22.7. The number of nitrogens with zero attached hydrogens (tertiary/aromatic N) is 5. The SMILES string of the molecule is Cc1ccc2ncc([N+](=O)[O-])c(Cl)c2c1.Cc1ccc2ncc([N+](=O)[O-])c(Nc3ccc(C(C)(C)C#N)cc3)c2c1. The van der Waals surface area contributed by atoms with Gasteiger partial charge in [-0.05, 0) is 69.7 Å². The molecule has 2 heterocycles. The molecule has 0 saturated carbocycles. The average Bonchev–Trinajstić information content (AvgIpc) is 2.94. The van der Waals surface area contributed by atoms with Gasteiger partial charge in [-0.3, -0.25) is 20.2 Å². The summed E-state index contributed by atoms with van der Waals surface area (Å²) in [5.41, 5.74) is 4.51. The van der Waals surface area contributed by atoms with Crippen LogP contribution in [0.1, 0.15) is 30.5 Å². The van der Waals surface area contributed by atoms with Crippen molar-refractivity contribution in [2.45, 2.75) is 33.1 Å². The van der Waals surface area contributed by atoms with Crippen LogP contribution >= 0.6 is 11.6 Å². The summed E-state index contributed by atoms with van der Waals surface area (Å²) in [5.74, 6) is 0. The van der Waals surface area contributed by atoms with E-state index in [-0.39, 0.29) is 16.4 Å². The van der Waals surface area contributed by atoms with Crippen molar-refractivity contribution in [2.24, 2.45) is 0 Å². The van der Waals surface area contributed by atoms with Crippen LogP contribution in [0.3, 0.4) is 0 Å². The highest BCUT2D eigenvalue weighted by molar-refractivity contribution is 6.37. The van der Waals surface area contributed by atoms with Gasteiger partial charge in [0.2, 0.25) is 0 Å². The summed E-state index contributed by atoms with van der Waals surface area (Å²) in [6, 6.07) is 20.7. The zero-order valence-corrected chi connectivity index (χ0v) is 23.4. The Morgan fingerprint density at radius 1 is 0.829 bits per heavy atom. The van der Waals surface area contributed by atoms with Gasteiger partial charge in [-0.15, -0.1) is 0 Å². The second-order valence-electron chi connectivity index (χ2n) is 9.97. The summed E-state index contributed by atoms with van der Waals surface area (Å²) in [5, 5.41) is 35.9. The number of halogens is 1. The number of nitriles is 1. The molecule has 3 aromatic carbocycles. The summed E-state index contributed by atoms with van der Waals surface area (Å²) < 4.78 is 0. The highest BCUT2D eigenvalue weighted by Crippen LogP contribution is 2.35. The number of benzene rings is 3. The van der Waals surface area contributed by atoms with Crippen molar-refractivity contribution < 1.29 is 9.85 Å². The smallest absolute Gasteiger partial charge is 0.311 e. The maximum Gasteiger partial charge on any atom is 0.311 e. The van der Waals surface area contributed by atoms with Crippen LogP contribution in [0, 0.1) is 45.4 Å². The summed E-state index contributed by atoms with van der Waals surface area (Å²) in [6.45, 7) is 7.52. The maximum absolute atomic E-state index is 11.5. The first-order valence-electron chi connectivity index (χ1n) is 12.4. The number of anilines is 2. The van der Waals surface area contributed by atoms with Crippen molar-refractivity contribution in [3.05, 3.63) is 115 Å². The minimum absolute atomic E-state index is 0.0791. The van der Waals surface area contributed by atoms with E-state index in [2.05, 4.69) is 21.4 Å². The topological polar surface area (TPSA) is 148 Å². The van der Waals surface area contributed by atoms with Gasteiger partial charge in [0.1, 0.15) is 23.1 Å². The largest absolute Gasteiger partial charge is 0.349 e. The molecule has 0 bridgehead atoms. The van der Waals surface area contributed by atoms with E-state index in [4.69, 9.17) is 11.6 Å². The maximum atomic E-state index is 11.5. The molecule has 0 aliphatic heterocycles. The Labute approximate surface area is 240 Å². The Bertz CT molecular complexity index is 1850. The van der Waals surface area contributed by atoms with Gasteiger partial charge in [0, 0.05) is 16.5 Å². The average molecular weight is 569 g/mol. The molecule has 0 aliphatic rings. The highest BCUT2D eigenvalue weighted by Gasteiger charge is 2.21. The molecule has 5 aromatic rings. The molecule has 0 amide bonds. The van der Waals surface area contributed by atoms with E-state index in [1.807, 2.05) is 76.2 Å². The molecule has 10 nitrogen and oxygen atoms in total. The highest BCUT2D eigenvalue weighted by atomic mass is 35.5. The second-order valence-corrected chi connectivity index (χ2v) is 10.3. The van der Waals surface area contributed by atoms with E-state index >= 15 is 0 Å². The molecule has 0 radical (unpaired) electrons. The van der Waals surface area contributed by atoms with Crippen LogP contribution in [0.5, 0.6) is 0 Å². The molecule has 41 heavy (non-hydrogen) atoms. The van der Waals surface area contributed by atoms with Crippen LogP contribution in [0.2, 0.25) is 5.02 Å². The first-order chi connectivity index (χ1) is 19.4. The quantitative estimate of drug-likeness (QED) is 0.165. The minimum Gasteiger partial charge on any atom is -0.349 e. The fourth-order valence-corrected chi connectivity index (χ4v) is 4.40. The van der Waals surface area contributed by atoms with E-state index in [1.165, 1.54) is 12.4 Å². The van der Waals surface area contributed by atoms with Crippen molar-refractivity contribution >= 4 is 56.2 Å². The van der Waals surface area contributed by atoms with E-state index in [0.717, 1.165) is 16.7 Å². The third-order valence-corrected chi connectivity index (χ3v) is 6.89. The first-order valence-corrected chi connectivity index (χ1v) is 12.8. The van der Waals surface area contributed by atoms with Crippen molar-refractivity contribution in [1.29, 1.82) is 5.26 Å². The monoisotopic (exact) mass is 568 g/mol. The number of nitro groups is 2. The predicted molar refractivity (Wildman–Crippen MR) is 160 cm³/mol. The van der Waals surface area contributed by atoms with Crippen molar-refractivity contribution in [2.75, 3.05) is 5.32 Å². The van der Waals surface area contributed by atoms with Crippen LogP contribution in [0.15, 0.2) is 73.1 Å². The lowest BCUT2D eigenvalue weighted by Crippen LogP contribution is -2.13. The van der Waals surface area contributed by atoms with Gasteiger partial charge in [0.15, 0.2) is 0 Å². The van der Waals surface area contributed by atoms with Crippen LogP contribution < -0.4 is 5.32 Å². The fraction of sp³-hybridized carbons (Fsp3) is 0.167. The van der Waals surface area contributed by atoms with Crippen molar-refractivity contribution in [1.82, 2.24) is 9.97 Å². The third kappa shape index (κ3) is 6.21. The number of aryl methyl sites for hydroxylation is 2. The van der Waals surface area contributed by atoms with Gasteiger partial charge in [-0.2, -0.15) is 5.26 Å². The van der Waals surface area contributed by atoms with Gasteiger partial charge in [-0.1, -0.05) is 47.0 Å². The number of fused-ring (bicyclic) bond motifs is 2. The summed E-state index contributed by atoms with van der Waals surface area (Å²) in [7, 11) is 0. The molecule has 0 atom stereocenters. The number of rotatable bonds is 5. The number of pyridine rings is 2. The van der Waals surface area contributed by atoms with Crippen molar-refractivity contribution in [3.63, 3.8) is 0 Å². The molecule has 0 spiro atoms. The second kappa shape index (κ2) is 11.5. The first kappa shape index (κ1) is 28.9. The third-order valence-electron chi connectivity index (χ3n) is 6.49. The van der Waals surface area contributed by atoms with Gasteiger partial charge in [0.05, 0.1) is 32.4 Å². The lowest BCUT2D eigenvalue weighted by atomic mass is 9.86. The number of hydrogen-bond donors (Lipinski definition) is 1. The molecule has 0 unspecified atom stereocenters. The number of nitrogens with one attached hydrogen (secondary N) is 1. The Kier molecular flexibility index (Phi) is 8.12. The summed E-state index contributed by atoms with van der Waals surface area (Å²) >= 11 is 5.93. The molecular weight excluding hydrogens is 544 g/mol. The zero-order chi connectivity index (χ0) is 29.9.